The maximum absolute atomic E-state index is 12.5. The Labute approximate surface area is 166 Å². The Hall–Kier alpha value is -2.22. The SMILES string of the molecule is Cc1ccc(C(C)NC(=O)c2ccc(S(=O)(=O)NCC3CCCO3)cc2)cc1. The van der Waals surface area contributed by atoms with Gasteiger partial charge in [-0.25, -0.2) is 13.1 Å². The third-order valence-corrected chi connectivity index (χ3v) is 6.32. The Balaban J connectivity index is 1.60. The molecule has 1 amide bonds. The third-order valence-electron chi connectivity index (χ3n) is 4.88. The Bertz CT molecular complexity index is 902. The Morgan fingerprint density at radius 1 is 1.14 bits per heavy atom. The van der Waals surface area contributed by atoms with E-state index in [9.17, 15) is 13.2 Å². The van der Waals surface area contributed by atoms with E-state index in [1.165, 1.54) is 24.3 Å². The van der Waals surface area contributed by atoms with Crippen LogP contribution < -0.4 is 10.0 Å². The van der Waals surface area contributed by atoms with E-state index >= 15 is 0 Å². The minimum Gasteiger partial charge on any atom is -0.377 e. The van der Waals surface area contributed by atoms with Crippen LogP contribution in [0.3, 0.4) is 0 Å². The molecule has 6 nitrogen and oxygen atoms in total. The molecule has 0 aliphatic carbocycles. The molecule has 3 rings (SSSR count). The van der Waals surface area contributed by atoms with E-state index in [0.717, 1.165) is 24.0 Å². The lowest BCUT2D eigenvalue weighted by molar-refractivity contribution is 0.0939. The van der Waals surface area contributed by atoms with Crippen LogP contribution in [-0.2, 0) is 14.8 Å². The summed E-state index contributed by atoms with van der Waals surface area (Å²) >= 11 is 0. The van der Waals surface area contributed by atoms with Crippen molar-refractivity contribution in [3.63, 3.8) is 0 Å². The molecule has 2 unspecified atom stereocenters. The molecular formula is C21H26N2O4S. The predicted octanol–water partition coefficient (Wildman–Crippen LogP) is 2.94. The average Bonchev–Trinajstić information content (AvgIpc) is 3.21. The number of aryl methyl sites for hydroxylation is 1. The fraction of sp³-hybridized carbons (Fsp3) is 0.381. The van der Waals surface area contributed by atoms with Crippen LogP contribution in [-0.4, -0.2) is 33.6 Å². The van der Waals surface area contributed by atoms with Crippen molar-refractivity contribution in [2.24, 2.45) is 0 Å². The van der Waals surface area contributed by atoms with Gasteiger partial charge in [-0.05, 0) is 56.5 Å². The molecule has 1 fully saturated rings. The van der Waals surface area contributed by atoms with Crippen molar-refractivity contribution in [1.82, 2.24) is 10.0 Å². The van der Waals surface area contributed by atoms with Crippen LogP contribution in [0.5, 0.6) is 0 Å². The zero-order chi connectivity index (χ0) is 20.1. The first-order valence-corrected chi connectivity index (χ1v) is 10.9. The molecule has 2 N–H and O–H groups in total. The maximum atomic E-state index is 12.5. The predicted molar refractivity (Wildman–Crippen MR) is 108 cm³/mol. The molecule has 28 heavy (non-hydrogen) atoms. The zero-order valence-electron chi connectivity index (χ0n) is 16.1. The van der Waals surface area contributed by atoms with Gasteiger partial charge < -0.3 is 10.1 Å². The quantitative estimate of drug-likeness (QED) is 0.746. The number of benzene rings is 2. The van der Waals surface area contributed by atoms with Crippen molar-refractivity contribution < 1.29 is 17.9 Å². The van der Waals surface area contributed by atoms with E-state index in [2.05, 4.69) is 10.0 Å². The van der Waals surface area contributed by atoms with E-state index in [1.807, 2.05) is 38.1 Å². The van der Waals surface area contributed by atoms with Crippen molar-refractivity contribution in [3.05, 3.63) is 65.2 Å². The largest absolute Gasteiger partial charge is 0.377 e. The number of carbonyl (C=O) groups is 1. The van der Waals surface area contributed by atoms with E-state index in [4.69, 9.17) is 4.74 Å². The van der Waals surface area contributed by atoms with Gasteiger partial charge in [0.1, 0.15) is 0 Å². The van der Waals surface area contributed by atoms with Crippen molar-refractivity contribution in [2.75, 3.05) is 13.2 Å². The fourth-order valence-electron chi connectivity index (χ4n) is 3.10. The van der Waals surface area contributed by atoms with Crippen LogP contribution in [0.25, 0.3) is 0 Å². The van der Waals surface area contributed by atoms with Crippen molar-refractivity contribution in [3.8, 4) is 0 Å². The number of amides is 1. The van der Waals surface area contributed by atoms with E-state index in [-0.39, 0.29) is 29.5 Å². The highest BCUT2D eigenvalue weighted by molar-refractivity contribution is 7.89. The summed E-state index contributed by atoms with van der Waals surface area (Å²) in [5.74, 6) is -0.246. The number of hydrogen-bond acceptors (Lipinski definition) is 4. The van der Waals surface area contributed by atoms with Gasteiger partial charge in [0, 0.05) is 18.7 Å². The summed E-state index contributed by atoms with van der Waals surface area (Å²) in [6.07, 6.45) is 1.75. The van der Waals surface area contributed by atoms with Crippen LogP contribution >= 0.6 is 0 Å². The number of hydrogen-bond donors (Lipinski definition) is 2. The number of rotatable bonds is 7. The molecule has 0 saturated carbocycles. The van der Waals surface area contributed by atoms with Gasteiger partial charge >= 0.3 is 0 Å². The molecule has 2 aromatic rings. The van der Waals surface area contributed by atoms with Crippen molar-refractivity contribution in [1.29, 1.82) is 0 Å². The lowest BCUT2D eigenvalue weighted by Crippen LogP contribution is -2.32. The average molecular weight is 403 g/mol. The van der Waals surface area contributed by atoms with Gasteiger partial charge in [-0.3, -0.25) is 4.79 Å². The summed E-state index contributed by atoms with van der Waals surface area (Å²) in [5, 5.41) is 2.93. The summed E-state index contributed by atoms with van der Waals surface area (Å²) in [7, 11) is -3.62. The van der Waals surface area contributed by atoms with Crippen LogP contribution in [0.15, 0.2) is 53.4 Å². The fourth-order valence-corrected chi connectivity index (χ4v) is 4.16. The van der Waals surface area contributed by atoms with Crippen LogP contribution in [0, 0.1) is 6.92 Å². The maximum Gasteiger partial charge on any atom is 0.251 e. The van der Waals surface area contributed by atoms with Gasteiger partial charge in [0.15, 0.2) is 0 Å². The van der Waals surface area contributed by atoms with Crippen molar-refractivity contribution in [2.45, 2.75) is 43.7 Å². The molecule has 0 aromatic heterocycles. The molecule has 2 atom stereocenters. The molecule has 2 aromatic carbocycles. The van der Waals surface area contributed by atoms with Gasteiger partial charge in [-0.15, -0.1) is 0 Å². The molecule has 1 heterocycles. The van der Waals surface area contributed by atoms with E-state index in [0.29, 0.717) is 12.2 Å². The first kappa shape index (κ1) is 20.5. The summed E-state index contributed by atoms with van der Waals surface area (Å²) in [5.41, 5.74) is 2.58. The van der Waals surface area contributed by atoms with E-state index in [1.54, 1.807) is 0 Å². The standard InChI is InChI=1S/C21H26N2O4S/c1-15-5-7-17(8-6-15)16(2)23-21(24)18-9-11-20(12-10-18)28(25,26)22-14-19-4-3-13-27-19/h5-12,16,19,22H,3-4,13-14H2,1-2H3,(H,23,24). The number of nitrogens with one attached hydrogen (secondary N) is 2. The molecule has 0 bridgehead atoms. The monoisotopic (exact) mass is 402 g/mol. The van der Waals surface area contributed by atoms with Gasteiger partial charge in [0.25, 0.3) is 5.91 Å². The van der Waals surface area contributed by atoms with Gasteiger partial charge in [-0.2, -0.15) is 0 Å². The lowest BCUT2D eigenvalue weighted by atomic mass is 10.1. The molecule has 1 aliphatic rings. The van der Waals surface area contributed by atoms with Gasteiger partial charge in [0.05, 0.1) is 17.0 Å². The Morgan fingerprint density at radius 3 is 2.43 bits per heavy atom. The van der Waals surface area contributed by atoms with Crippen molar-refractivity contribution >= 4 is 15.9 Å². The summed E-state index contributed by atoms with van der Waals surface area (Å²) < 4.78 is 32.8. The topological polar surface area (TPSA) is 84.5 Å². The summed E-state index contributed by atoms with van der Waals surface area (Å²) in [6.45, 7) is 4.87. The lowest BCUT2D eigenvalue weighted by Gasteiger charge is -2.15. The molecule has 0 radical (unpaired) electrons. The molecule has 7 heteroatoms. The van der Waals surface area contributed by atoms with Crippen LogP contribution in [0.2, 0.25) is 0 Å². The van der Waals surface area contributed by atoms with Crippen LogP contribution in [0.4, 0.5) is 0 Å². The normalized spacial score (nSPS) is 18.0. The second kappa shape index (κ2) is 8.86. The summed E-state index contributed by atoms with van der Waals surface area (Å²) in [4.78, 5) is 12.6. The highest BCUT2D eigenvalue weighted by atomic mass is 32.2. The highest BCUT2D eigenvalue weighted by Crippen LogP contribution is 2.16. The molecular weight excluding hydrogens is 376 g/mol. The Kier molecular flexibility index (Phi) is 6.49. The van der Waals surface area contributed by atoms with E-state index < -0.39 is 10.0 Å². The smallest absolute Gasteiger partial charge is 0.251 e. The van der Waals surface area contributed by atoms with Gasteiger partial charge in [0.2, 0.25) is 10.0 Å². The second-order valence-corrected chi connectivity index (χ2v) is 8.88. The number of sulfonamides is 1. The molecule has 1 aliphatic heterocycles. The third kappa shape index (κ3) is 5.19. The zero-order valence-corrected chi connectivity index (χ0v) is 17.0. The minimum atomic E-state index is -3.62. The Morgan fingerprint density at radius 2 is 1.82 bits per heavy atom. The van der Waals surface area contributed by atoms with Gasteiger partial charge in [-0.1, -0.05) is 29.8 Å². The first-order valence-electron chi connectivity index (χ1n) is 9.44. The number of carbonyl (C=O) groups excluding carboxylic acids is 1. The molecule has 0 spiro atoms. The minimum absolute atomic E-state index is 0.0666. The second-order valence-electron chi connectivity index (χ2n) is 7.12. The molecule has 1 saturated heterocycles. The highest BCUT2D eigenvalue weighted by Gasteiger charge is 2.20. The van der Waals surface area contributed by atoms with Crippen LogP contribution in [0.1, 0.15) is 47.3 Å². The number of ether oxygens (including phenoxy) is 1. The molecule has 150 valence electrons. The first-order chi connectivity index (χ1) is 13.3. The summed E-state index contributed by atoms with van der Waals surface area (Å²) in [6, 6.07) is 13.8.